The minimum atomic E-state index is 0.110. The zero-order valence-electron chi connectivity index (χ0n) is 10.3. The molecule has 0 unspecified atom stereocenters. The Kier molecular flexibility index (Phi) is 9.15. The molecule has 0 amide bonds. The summed E-state index contributed by atoms with van der Waals surface area (Å²) < 4.78 is 0. The molecule has 0 saturated heterocycles. The SMILES string of the molecule is CCCCCCC=CC=CC(=O)C(C)C. The van der Waals surface area contributed by atoms with Gasteiger partial charge in [-0.15, -0.1) is 0 Å². The van der Waals surface area contributed by atoms with Crippen molar-refractivity contribution in [3.63, 3.8) is 0 Å². The summed E-state index contributed by atoms with van der Waals surface area (Å²) in [5, 5.41) is 0. The van der Waals surface area contributed by atoms with Gasteiger partial charge in [-0.05, 0) is 18.9 Å². The molecular weight excluding hydrogens is 184 g/mol. The third-order valence-electron chi connectivity index (χ3n) is 2.30. The smallest absolute Gasteiger partial charge is 0.158 e. The number of carbonyl (C=O) groups is 1. The molecule has 0 saturated carbocycles. The van der Waals surface area contributed by atoms with Gasteiger partial charge in [0, 0.05) is 5.92 Å². The fourth-order valence-electron chi connectivity index (χ4n) is 1.21. The number of allylic oxidation sites excluding steroid dienone is 4. The summed E-state index contributed by atoms with van der Waals surface area (Å²) in [6.45, 7) is 6.05. The van der Waals surface area contributed by atoms with Crippen LogP contribution in [0.3, 0.4) is 0 Å². The lowest BCUT2D eigenvalue weighted by Gasteiger charge is -1.95. The summed E-state index contributed by atoms with van der Waals surface area (Å²) in [7, 11) is 0. The summed E-state index contributed by atoms with van der Waals surface area (Å²) in [4.78, 5) is 11.2. The third-order valence-corrected chi connectivity index (χ3v) is 2.30. The zero-order valence-corrected chi connectivity index (χ0v) is 10.3. The zero-order chi connectivity index (χ0) is 11.5. The second kappa shape index (κ2) is 9.70. The van der Waals surface area contributed by atoms with Crippen molar-refractivity contribution in [3.8, 4) is 0 Å². The molecule has 0 heterocycles. The van der Waals surface area contributed by atoms with E-state index in [4.69, 9.17) is 0 Å². The first-order valence-electron chi connectivity index (χ1n) is 6.05. The number of rotatable bonds is 8. The molecule has 0 aliphatic rings. The van der Waals surface area contributed by atoms with Gasteiger partial charge in [-0.25, -0.2) is 0 Å². The maximum atomic E-state index is 11.2. The molecule has 0 aliphatic heterocycles. The molecule has 1 heteroatoms. The van der Waals surface area contributed by atoms with Crippen molar-refractivity contribution >= 4 is 5.78 Å². The van der Waals surface area contributed by atoms with Gasteiger partial charge in [-0.3, -0.25) is 4.79 Å². The first-order valence-corrected chi connectivity index (χ1v) is 6.05. The third kappa shape index (κ3) is 9.45. The Labute approximate surface area is 94.3 Å². The molecule has 0 aliphatic carbocycles. The van der Waals surface area contributed by atoms with Gasteiger partial charge >= 0.3 is 0 Å². The molecule has 0 radical (unpaired) electrons. The maximum Gasteiger partial charge on any atom is 0.158 e. The van der Waals surface area contributed by atoms with Gasteiger partial charge in [0.25, 0.3) is 0 Å². The largest absolute Gasteiger partial charge is 0.295 e. The standard InChI is InChI=1S/C14H24O/c1-4-5-6-7-8-9-10-11-12-14(15)13(2)3/h9-13H,4-8H2,1-3H3. The van der Waals surface area contributed by atoms with Crippen LogP contribution in [0.4, 0.5) is 0 Å². The van der Waals surface area contributed by atoms with Crippen LogP contribution in [-0.2, 0) is 4.79 Å². The number of unbranched alkanes of at least 4 members (excludes halogenated alkanes) is 4. The molecule has 86 valence electrons. The summed E-state index contributed by atoms with van der Waals surface area (Å²) in [6, 6.07) is 0. The summed E-state index contributed by atoms with van der Waals surface area (Å²) in [5.74, 6) is 0.310. The molecule has 0 aromatic carbocycles. The number of carbonyl (C=O) groups excluding carboxylic acids is 1. The van der Waals surface area contributed by atoms with E-state index in [2.05, 4.69) is 13.0 Å². The minimum absolute atomic E-state index is 0.110. The van der Waals surface area contributed by atoms with Crippen molar-refractivity contribution in [2.45, 2.75) is 52.9 Å². The number of ketones is 1. The predicted molar refractivity (Wildman–Crippen MR) is 66.9 cm³/mol. The average molecular weight is 208 g/mol. The van der Waals surface area contributed by atoms with Crippen LogP contribution in [0.15, 0.2) is 24.3 Å². The van der Waals surface area contributed by atoms with Crippen molar-refractivity contribution in [2.24, 2.45) is 5.92 Å². The van der Waals surface area contributed by atoms with Gasteiger partial charge in [0.05, 0.1) is 0 Å². The summed E-state index contributed by atoms with van der Waals surface area (Å²) >= 11 is 0. The van der Waals surface area contributed by atoms with Crippen molar-refractivity contribution in [2.75, 3.05) is 0 Å². The molecule has 0 N–H and O–H groups in total. The van der Waals surface area contributed by atoms with E-state index >= 15 is 0 Å². The molecule has 0 aromatic heterocycles. The van der Waals surface area contributed by atoms with Crippen molar-refractivity contribution in [1.82, 2.24) is 0 Å². The van der Waals surface area contributed by atoms with E-state index in [0.717, 1.165) is 6.42 Å². The lowest BCUT2D eigenvalue weighted by Crippen LogP contribution is -2.01. The molecule has 1 nitrogen and oxygen atoms in total. The lowest BCUT2D eigenvalue weighted by atomic mass is 10.1. The van der Waals surface area contributed by atoms with Gasteiger partial charge in [-0.1, -0.05) is 58.3 Å². The normalized spacial score (nSPS) is 12.0. The first-order chi connectivity index (χ1) is 7.18. The van der Waals surface area contributed by atoms with E-state index in [9.17, 15) is 4.79 Å². The van der Waals surface area contributed by atoms with Crippen molar-refractivity contribution < 1.29 is 4.79 Å². The second-order valence-corrected chi connectivity index (χ2v) is 4.19. The molecule has 0 rings (SSSR count). The highest BCUT2D eigenvalue weighted by atomic mass is 16.1. The molecule has 15 heavy (non-hydrogen) atoms. The van der Waals surface area contributed by atoms with Crippen LogP contribution in [-0.4, -0.2) is 5.78 Å². The Morgan fingerprint density at radius 2 is 1.87 bits per heavy atom. The Bertz CT molecular complexity index is 211. The van der Waals surface area contributed by atoms with Gasteiger partial charge in [0.15, 0.2) is 5.78 Å². The Balaban J connectivity index is 3.49. The minimum Gasteiger partial charge on any atom is -0.295 e. The van der Waals surface area contributed by atoms with E-state index in [1.807, 2.05) is 26.0 Å². The lowest BCUT2D eigenvalue weighted by molar-refractivity contribution is -0.117. The van der Waals surface area contributed by atoms with Crippen LogP contribution in [0.2, 0.25) is 0 Å². The second-order valence-electron chi connectivity index (χ2n) is 4.19. The van der Waals surface area contributed by atoms with Gasteiger partial charge in [0.1, 0.15) is 0 Å². The highest BCUT2D eigenvalue weighted by Crippen LogP contribution is 2.03. The van der Waals surface area contributed by atoms with Crippen LogP contribution >= 0.6 is 0 Å². The topological polar surface area (TPSA) is 17.1 Å². The highest BCUT2D eigenvalue weighted by molar-refractivity contribution is 5.91. The van der Waals surface area contributed by atoms with E-state index < -0.39 is 0 Å². The monoisotopic (exact) mass is 208 g/mol. The van der Waals surface area contributed by atoms with Crippen LogP contribution in [0.1, 0.15) is 52.9 Å². The van der Waals surface area contributed by atoms with Crippen LogP contribution in [0.5, 0.6) is 0 Å². The molecule has 0 spiro atoms. The van der Waals surface area contributed by atoms with E-state index in [1.165, 1.54) is 25.7 Å². The quantitative estimate of drug-likeness (QED) is 0.330. The van der Waals surface area contributed by atoms with E-state index in [-0.39, 0.29) is 11.7 Å². The van der Waals surface area contributed by atoms with Crippen LogP contribution in [0.25, 0.3) is 0 Å². The van der Waals surface area contributed by atoms with Gasteiger partial charge in [0.2, 0.25) is 0 Å². The first kappa shape index (κ1) is 14.2. The van der Waals surface area contributed by atoms with Gasteiger partial charge < -0.3 is 0 Å². The molecule has 0 fully saturated rings. The maximum absolute atomic E-state index is 11.2. The molecule has 0 bridgehead atoms. The van der Waals surface area contributed by atoms with E-state index in [1.54, 1.807) is 6.08 Å². The highest BCUT2D eigenvalue weighted by Gasteiger charge is 1.99. The molecular formula is C14H24O. The predicted octanol–water partition coefficient (Wildman–Crippen LogP) is 4.29. The van der Waals surface area contributed by atoms with Crippen LogP contribution in [0, 0.1) is 5.92 Å². The average Bonchev–Trinajstić information content (AvgIpc) is 2.21. The Hall–Kier alpha value is -0.850. The Morgan fingerprint density at radius 1 is 1.13 bits per heavy atom. The van der Waals surface area contributed by atoms with Crippen molar-refractivity contribution in [3.05, 3.63) is 24.3 Å². The fourth-order valence-corrected chi connectivity index (χ4v) is 1.21. The molecule has 0 aromatic rings. The summed E-state index contributed by atoms with van der Waals surface area (Å²) in [5.41, 5.74) is 0. The number of hydrogen-bond donors (Lipinski definition) is 0. The van der Waals surface area contributed by atoms with E-state index in [0.29, 0.717) is 0 Å². The van der Waals surface area contributed by atoms with Crippen molar-refractivity contribution in [1.29, 1.82) is 0 Å². The summed E-state index contributed by atoms with van der Waals surface area (Å²) in [6.07, 6.45) is 13.9. The van der Waals surface area contributed by atoms with Gasteiger partial charge in [-0.2, -0.15) is 0 Å². The fraction of sp³-hybridized carbons (Fsp3) is 0.643. The van der Waals surface area contributed by atoms with Crippen LogP contribution < -0.4 is 0 Å². The Morgan fingerprint density at radius 3 is 2.47 bits per heavy atom. The molecule has 0 atom stereocenters. The number of hydrogen-bond acceptors (Lipinski definition) is 1.